The van der Waals surface area contributed by atoms with E-state index >= 15 is 0 Å². The highest BCUT2D eigenvalue weighted by Crippen LogP contribution is 2.31. The fourth-order valence-electron chi connectivity index (χ4n) is 4.66. The lowest BCUT2D eigenvalue weighted by molar-refractivity contribution is 0.0473. The van der Waals surface area contributed by atoms with Gasteiger partial charge in [0.2, 0.25) is 5.88 Å². The van der Waals surface area contributed by atoms with Crippen molar-refractivity contribution in [3.8, 4) is 17.0 Å². The molecular weight excluding hydrogens is 586 g/mol. The van der Waals surface area contributed by atoms with Crippen molar-refractivity contribution in [2.45, 2.75) is 32.9 Å². The molecule has 2 amide bonds. The van der Waals surface area contributed by atoms with Gasteiger partial charge in [-0.15, -0.1) is 0 Å². The van der Waals surface area contributed by atoms with E-state index in [1.165, 1.54) is 19.2 Å². The Balaban J connectivity index is 1.75. The molecule has 46 heavy (non-hydrogen) atoms. The molecule has 0 unspecified atom stereocenters. The van der Waals surface area contributed by atoms with E-state index in [9.17, 15) is 19.5 Å². The van der Waals surface area contributed by atoms with Crippen molar-refractivity contribution in [1.29, 1.82) is 5.41 Å². The number of amides is 2. The number of esters is 1. The lowest BCUT2D eigenvalue weighted by Gasteiger charge is -2.22. The van der Waals surface area contributed by atoms with Crippen LogP contribution in [0.1, 0.15) is 62.6 Å². The first-order valence-electron chi connectivity index (χ1n) is 14.7. The van der Waals surface area contributed by atoms with Crippen LogP contribution in [0.25, 0.3) is 11.1 Å². The topological polar surface area (TPSA) is 177 Å². The monoisotopic (exact) mass is 623 g/mol. The number of benzene rings is 3. The number of rotatable bonds is 13. The molecule has 238 valence electrons. The van der Waals surface area contributed by atoms with E-state index in [0.29, 0.717) is 22.4 Å². The molecule has 0 saturated carbocycles. The highest BCUT2D eigenvalue weighted by atomic mass is 16.5. The Hall–Kier alpha value is -5.55. The molecule has 0 aliphatic carbocycles. The number of pyridine rings is 1. The molecule has 11 heteroatoms. The number of carbonyl (C=O) groups excluding carboxylic acids is 3. The average Bonchev–Trinajstić information content (AvgIpc) is 3.09. The van der Waals surface area contributed by atoms with Gasteiger partial charge >= 0.3 is 5.97 Å². The molecule has 0 bridgehead atoms. The number of nitrogens with one attached hydrogen (secondary N) is 3. The van der Waals surface area contributed by atoms with Crippen LogP contribution in [0.3, 0.4) is 0 Å². The fraction of sp³-hybridized carbons (Fsp3) is 0.229. The van der Waals surface area contributed by atoms with Gasteiger partial charge in [0.05, 0.1) is 25.3 Å². The summed E-state index contributed by atoms with van der Waals surface area (Å²) < 4.78 is 10.9. The number of nitrogens with two attached hydrogens (primary N) is 1. The van der Waals surface area contributed by atoms with Crippen LogP contribution in [-0.4, -0.2) is 53.5 Å². The standard InChI is InChI=1S/C35H37N5O6/c1-4-21(2)29(19-41)39-33(42)24-12-15-26(28(18-24)35(44)46-20-22-8-6-5-7-9-22)27-16-17-30(45-3)40-31(27)34(43)38-25-13-10-23(11-14-25)32(36)37/h5-18,21,29,41H,4,19-20H2,1-3H3,(H3,36,37)(H,38,43)(H,39,42)/t21-,29+/m0/s1. The lowest BCUT2D eigenvalue weighted by atomic mass is 9.95. The number of methoxy groups -OCH3 is 1. The minimum Gasteiger partial charge on any atom is -0.481 e. The Morgan fingerprint density at radius 3 is 2.24 bits per heavy atom. The lowest BCUT2D eigenvalue weighted by Crippen LogP contribution is -2.41. The maximum Gasteiger partial charge on any atom is 0.339 e. The summed E-state index contributed by atoms with van der Waals surface area (Å²) in [5.74, 6) is -1.68. The van der Waals surface area contributed by atoms with E-state index in [1.807, 2.05) is 44.2 Å². The van der Waals surface area contributed by atoms with Crippen molar-refractivity contribution < 1.29 is 29.0 Å². The van der Waals surface area contributed by atoms with Crippen LogP contribution in [0.4, 0.5) is 5.69 Å². The molecule has 2 atom stereocenters. The van der Waals surface area contributed by atoms with Gasteiger partial charge in [0, 0.05) is 28.4 Å². The highest BCUT2D eigenvalue weighted by Gasteiger charge is 2.25. The number of aromatic nitrogens is 1. The quantitative estimate of drug-likeness (QED) is 0.0802. The number of anilines is 1. The van der Waals surface area contributed by atoms with Crippen LogP contribution in [0.5, 0.6) is 5.88 Å². The zero-order valence-electron chi connectivity index (χ0n) is 25.9. The molecule has 0 fully saturated rings. The van der Waals surface area contributed by atoms with Crippen molar-refractivity contribution in [2.24, 2.45) is 11.7 Å². The number of hydrogen-bond acceptors (Lipinski definition) is 8. The zero-order chi connectivity index (χ0) is 33.2. The number of nitrogens with zero attached hydrogens (tertiary/aromatic N) is 1. The first kappa shape index (κ1) is 33.3. The van der Waals surface area contributed by atoms with E-state index in [1.54, 1.807) is 42.5 Å². The van der Waals surface area contributed by atoms with E-state index < -0.39 is 23.8 Å². The van der Waals surface area contributed by atoms with Crippen molar-refractivity contribution in [3.05, 3.63) is 113 Å². The Bertz CT molecular complexity index is 1710. The van der Waals surface area contributed by atoms with Gasteiger partial charge in [-0.1, -0.05) is 56.7 Å². The molecule has 6 N–H and O–H groups in total. The van der Waals surface area contributed by atoms with Gasteiger partial charge in [0.25, 0.3) is 11.8 Å². The Labute approximate surface area is 267 Å². The number of aliphatic hydroxyl groups excluding tert-OH is 1. The first-order chi connectivity index (χ1) is 22.1. The van der Waals surface area contributed by atoms with Crippen LogP contribution < -0.4 is 21.1 Å². The van der Waals surface area contributed by atoms with E-state index in [-0.39, 0.29) is 47.7 Å². The van der Waals surface area contributed by atoms with Gasteiger partial charge in [-0.05, 0) is 59.5 Å². The van der Waals surface area contributed by atoms with Crippen LogP contribution in [0.15, 0.2) is 84.9 Å². The molecule has 4 aromatic rings. The summed E-state index contributed by atoms with van der Waals surface area (Å²) in [5, 5.41) is 23.1. The van der Waals surface area contributed by atoms with Gasteiger partial charge in [-0.3, -0.25) is 15.0 Å². The molecule has 3 aromatic carbocycles. The Kier molecular flexibility index (Phi) is 11.2. The van der Waals surface area contributed by atoms with Gasteiger partial charge < -0.3 is 30.9 Å². The van der Waals surface area contributed by atoms with Crippen molar-refractivity contribution in [3.63, 3.8) is 0 Å². The predicted molar refractivity (Wildman–Crippen MR) is 175 cm³/mol. The fourth-order valence-corrected chi connectivity index (χ4v) is 4.66. The van der Waals surface area contributed by atoms with Gasteiger partial charge in [0.1, 0.15) is 18.1 Å². The van der Waals surface area contributed by atoms with E-state index in [4.69, 9.17) is 20.6 Å². The van der Waals surface area contributed by atoms with Crippen LogP contribution in [0.2, 0.25) is 0 Å². The van der Waals surface area contributed by atoms with Gasteiger partial charge in [0.15, 0.2) is 0 Å². The first-order valence-corrected chi connectivity index (χ1v) is 14.7. The Morgan fingerprint density at radius 2 is 1.61 bits per heavy atom. The molecule has 11 nitrogen and oxygen atoms in total. The summed E-state index contributed by atoms with van der Waals surface area (Å²) in [6.45, 7) is 3.64. The van der Waals surface area contributed by atoms with Gasteiger partial charge in [-0.25, -0.2) is 9.78 Å². The van der Waals surface area contributed by atoms with Crippen LogP contribution in [0, 0.1) is 11.3 Å². The van der Waals surface area contributed by atoms with Crippen molar-refractivity contribution in [2.75, 3.05) is 19.0 Å². The second-order valence-electron chi connectivity index (χ2n) is 10.7. The molecule has 0 aliphatic heterocycles. The second-order valence-corrected chi connectivity index (χ2v) is 10.7. The maximum absolute atomic E-state index is 13.6. The number of nitrogen functional groups attached to an aromatic ring is 1. The summed E-state index contributed by atoms with van der Waals surface area (Å²) in [6, 6.07) is 22.8. The van der Waals surface area contributed by atoms with E-state index in [0.717, 1.165) is 12.0 Å². The van der Waals surface area contributed by atoms with Crippen LogP contribution >= 0.6 is 0 Å². The minimum atomic E-state index is -0.712. The third-order valence-electron chi connectivity index (χ3n) is 7.60. The average molecular weight is 624 g/mol. The van der Waals surface area contributed by atoms with Crippen LogP contribution in [-0.2, 0) is 11.3 Å². The highest BCUT2D eigenvalue weighted by molar-refractivity contribution is 6.10. The zero-order valence-corrected chi connectivity index (χ0v) is 25.9. The predicted octanol–water partition coefficient (Wildman–Crippen LogP) is 4.79. The number of hydrogen-bond donors (Lipinski definition) is 5. The summed E-state index contributed by atoms with van der Waals surface area (Å²) in [7, 11) is 1.42. The molecule has 0 radical (unpaired) electrons. The van der Waals surface area contributed by atoms with E-state index in [2.05, 4.69) is 15.6 Å². The number of carbonyl (C=O) groups is 3. The largest absolute Gasteiger partial charge is 0.481 e. The summed E-state index contributed by atoms with van der Waals surface area (Å²) in [5.41, 5.74) is 8.02. The molecule has 0 aliphatic rings. The van der Waals surface area contributed by atoms with Crippen molar-refractivity contribution >= 4 is 29.3 Å². The number of aliphatic hydroxyl groups is 1. The Morgan fingerprint density at radius 1 is 0.935 bits per heavy atom. The smallest absolute Gasteiger partial charge is 0.339 e. The molecular formula is C35H37N5O6. The van der Waals surface area contributed by atoms with Gasteiger partial charge in [-0.2, -0.15) is 0 Å². The molecule has 4 rings (SSSR count). The molecule has 1 aromatic heterocycles. The summed E-state index contributed by atoms with van der Waals surface area (Å²) >= 11 is 0. The minimum absolute atomic E-state index is 0.0133. The maximum atomic E-state index is 13.6. The second kappa shape index (κ2) is 15.4. The summed E-state index contributed by atoms with van der Waals surface area (Å²) in [4.78, 5) is 44.9. The third-order valence-corrected chi connectivity index (χ3v) is 7.60. The normalized spacial score (nSPS) is 12.0. The molecule has 1 heterocycles. The van der Waals surface area contributed by atoms with Crippen molar-refractivity contribution in [1.82, 2.24) is 10.3 Å². The summed E-state index contributed by atoms with van der Waals surface area (Å²) in [6.07, 6.45) is 0.748. The third kappa shape index (κ3) is 8.13. The molecule has 0 saturated heterocycles. The number of ether oxygens (including phenoxy) is 2. The number of amidine groups is 1. The SMILES string of the molecule is CC[C@H](C)[C@@H](CO)NC(=O)c1ccc(-c2ccc(OC)nc2C(=O)Nc2ccc(C(=N)N)cc2)c(C(=O)OCc2ccccc2)c1. The molecule has 0 spiro atoms.